The SMILES string of the molecule is CCC(CC#N)Nc1cc(C2(Cc3nncn3C)COC2)cc(N(C)Cc2c(C=O)cc(CN3CCC[C@H](C)C3)cc2C(F)(F)F)n1. The van der Waals surface area contributed by atoms with Crippen LogP contribution in [0, 0.1) is 17.2 Å². The van der Waals surface area contributed by atoms with Gasteiger partial charge in [-0.05, 0) is 72.7 Å². The number of aromatic nitrogens is 4. The van der Waals surface area contributed by atoms with Gasteiger partial charge in [0.1, 0.15) is 30.1 Å². The summed E-state index contributed by atoms with van der Waals surface area (Å²) in [5, 5.41) is 21.0. The molecule has 1 aromatic carbocycles. The highest BCUT2D eigenvalue weighted by molar-refractivity contribution is 5.79. The number of nitrogens with zero attached hydrogens (tertiary/aromatic N) is 7. The molecule has 0 amide bonds. The minimum Gasteiger partial charge on any atom is -0.379 e. The van der Waals surface area contributed by atoms with Crippen molar-refractivity contribution in [2.24, 2.45) is 13.0 Å². The average Bonchev–Trinajstić information content (AvgIpc) is 3.42. The van der Waals surface area contributed by atoms with E-state index in [2.05, 4.69) is 33.4 Å². The highest BCUT2D eigenvalue weighted by atomic mass is 19.4. The molecule has 13 heteroatoms. The highest BCUT2D eigenvalue weighted by Gasteiger charge is 2.43. The van der Waals surface area contributed by atoms with Crippen LogP contribution in [-0.4, -0.2) is 70.3 Å². The molecule has 10 nitrogen and oxygen atoms in total. The zero-order chi connectivity index (χ0) is 33.8. The van der Waals surface area contributed by atoms with Gasteiger partial charge in [-0.15, -0.1) is 10.2 Å². The van der Waals surface area contributed by atoms with Crippen molar-refractivity contribution in [3.63, 3.8) is 0 Å². The van der Waals surface area contributed by atoms with Crippen LogP contribution in [0.5, 0.6) is 0 Å². The van der Waals surface area contributed by atoms with Crippen LogP contribution in [0.1, 0.15) is 78.0 Å². The third-order valence-electron chi connectivity index (χ3n) is 9.38. The molecule has 0 bridgehead atoms. The standard InChI is InChI=1S/C34H43F3N8O2/c1-5-27(8-9-38)40-30-13-26(33(20-47-21-33)15-32-42-39-22-44(32)4)14-31(41-30)43(3)18-28-25(19-46)11-24(12-29(28)34(35,36)37)17-45-10-6-7-23(2)16-45/h11-14,19,22-23,27H,5-8,10,15-18,20-21H2,1-4H3,(H,40,41)/t23-,27?/m0/s1. The molecule has 4 heterocycles. The summed E-state index contributed by atoms with van der Waals surface area (Å²) in [6, 6.07) is 8.61. The fourth-order valence-electron chi connectivity index (χ4n) is 6.59. The summed E-state index contributed by atoms with van der Waals surface area (Å²) < 4.78 is 51.4. The minimum atomic E-state index is -4.66. The molecule has 0 aliphatic carbocycles. The number of aldehydes is 1. The van der Waals surface area contributed by atoms with Gasteiger partial charge in [0, 0.05) is 57.2 Å². The van der Waals surface area contributed by atoms with E-state index in [0.29, 0.717) is 62.0 Å². The fraction of sp³-hybridized carbons (Fsp3) is 0.559. The quantitative estimate of drug-likeness (QED) is 0.239. The number of nitriles is 1. The second-order valence-corrected chi connectivity index (χ2v) is 13.2. The summed E-state index contributed by atoms with van der Waals surface area (Å²) in [6.45, 7) is 6.77. The molecule has 0 saturated carbocycles. The number of aryl methyl sites for hydroxylation is 1. The molecule has 47 heavy (non-hydrogen) atoms. The van der Waals surface area contributed by atoms with Crippen molar-refractivity contribution in [2.45, 2.75) is 76.7 Å². The Morgan fingerprint density at radius 3 is 2.66 bits per heavy atom. The van der Waals surface area contributed by atoms with Crippen molar-refractivity contribution in [1.29, 1.82) is 5.26 Å². The van der Waals surface area contributed by atoms with Gasteiger partial charge in [0.25, 0.3) is 0 Å². The van der Waals surface area contributed by atoms with E-state index in [1.54, 1.807) is 24.3 Å². The molecular weight excluding hydrogens is 609 g/mol. The lowest BCUT2D eigenvalue weighted by Crippen LogP contribution is -2.49. The van der Waals surface area contributed by atoms with Gasteiger partial charge in [-0.1, -0.05) is 13.8 Å². The monoisotopic (exact) mass is 652 g/mol. The summed E-state index contributed by atoms with van der Waals surface area (Å²) in [7, 11) is 3.54. The third-order valence-corrected chi connectivity index (χ3v) is 9.38. The molecule has 3 aromatic rings. The highest BCUT2D eigenvalue weighted by Crippen LogP contribution is 2.39. The first kappa shape index (κ1) is 34.3. The van der Waals surface area contributed by atoms with Crippen molar-refractivity contribution < 1.29 is 22.7 Å². The summed E-state index contributed by atoms with van der Waals surface area (Å²) in [5.74, 6) is 2.19. The van der Waals surface area contributed by atoms with Crippen LogP contribution in [0.4, 0.5) is 24.8 Å². The zero-order valence-electron chi connectivity index (χ0n) is 27.5. The Hall–Kier alpha value is -4.02. The number of nitrogens with one attached hydrogen (secondary N) is 1. The molecule has 2 aliphatic rings. The number of halogens is 3. The molecule has 5 rings (SSSR count). The first-order valence-corrected chi connectivity index (χ1v) is 16.1. The summed E-state index contributed by atoms with van der Waals surface area (Å²) in [5.41, 5.74) is 0.0260. The molecule has 0 spiro atoms. The van der Waals surface area contributed by atoms with E-state index in [9.17, 15) is 23.2 Å². The topological polar surface area (TPSA) is 112 Å². The van der Waals surface area contributed by atoms with Crippen molar-refractivity contribution in [3.05, 3.63) is 64.2 Å². The van der Waals surface area contributed by atoms with Gasteiger partial charge in [-0.2, -0.15) is 18.4 Å². The Balaban J connectivity index is 1.51. The van der Waals surface area contributed by atoms with E-state index in [4.69, 9.17) is 9.72 Å². The minimum absolute atomic E-state index is 0.0208. The Morgan fingerprint density at radius 2 is 2.06 bits per heavy atom. The molecule has 2 atom stereocenters. The summed E-state index contributed by atoms with van der Waals surface area (Å²) in [6.07, 6.45) is 1.09. The van der Waals surface area contributed by atoms with Gasteiger partial charge in [0.05, 0.1) is 31.3 Å². The van der Waals surface area contributed by atoms with E-state index in [-0.39, 0.29) is 30.1 Å². The first-order chi connectivity index (χ1) is 22.4. The first-order valence-electron chi connectivity index (χ1n) is 16.1. The van der Waals surface area contributed by atoms with Crippen LogP contribution in [0.2, 0.25) is 0 Å². The second-order valence-electron chi connectivity index (χ2n) is 13.2. The van der Waals surface area contributed by atoms with Gasteiger partial charge in [-0.25, -0.2) is 4.98 Å². The average molecular weight is 653 g/mol. The zero-order valence-corrected chi connectivity index (χ0v) is 27.5. The molecule has 2 aromatic heterocycles. The van der Waals surface area contributed by atoms with Crippen molar-refractivity contribution >= 4 is 17.9 Å². The number of rotatable bonds is 13. The van der Waals surface area contributed by atoms with Gasteiger partial charge >= 0.3 is 6.18 Å². The Kier molecular flexibility index (Phi) is 10.5. The molecule has 2 saturated heterocycles. The predicted octanol–water partition coefficient (Wildman–Crippen LogP) is 5.52. The number of carbonyl (C=O) groups excluding carboxylic acids is 1. The van der Waals surface area contributed by atoms with E-state index < -0.39 is 17.2 Å². The van der Waals surface area contributed by atoms with E-state index in [1.165, 1.54) is 6.07 Å². The maximum Gasteiger partial charge on any atom is 0.416 e. The van der Waals surface area contributed by atoms with Crippen LogP contribution in [0.3, 0.4) is 0 Å². The third kappa shape index (κ3) is 7.93. The molecule has 1 N–H and O–H groups in total. The largest absolute Gasteiger partial charge is 0.416 e. The Bertz CT molecular complexity index is 1600. The number of piperidine rings is 1. The number of benzene rings is 1. The number of ether oxygens (including phenoxy) is 1. The van der Waals surface area contributed by atoms with Crippen LogP contribution >= 0.6 is 0 Å². The number of anilines is 2. The van der Waals surface area contributed by atoms with Gasteiger partial charge in [0.2, 0.25) is 0 Å². The predicted molar refractivity (Wildman–Crippen MR) is 172 cm³/mol. The van der Waals surface area contributed by atoms with E-state index in [0.717, 1.165) is 37.3 Å². The number of hydrogen-bond acceptors (Lipinski definition) is 9. The number of pyridine rings is 1. The lowest BCUT2D eigenvalue weighted by molar-refractivity contribution is -0.138. The Morgan fingerprint density at radius 1 is 1.28 bits per heavy atom. The molecule has 252 valence electrons. The molecule has 2 aliphatic heterocycles. The number of hydrogen-bond donors (Lipinski definition) is 1. The number of alkyl halides is 3. The van der Waals surface area contributed by atoms with Crippen LogP contribution in [-0.2, 0) is 42.9 Å². The number of carbonyl (C=O) groups is 1. The molecular formula is C34H43F3N8O2. The Labute approximate surface area is 273 Å². The van der Waals surface area contributed by atoms with Crippen LogP contribution in [0.25, 0.3) is 0 Å². The normalized spacial score (nSPS) is 18.6. The van der Waals surface area contributed by atoms with Gasteiger partial charge in [-0.3, -0.25) is 9.69 Å². The smallest absolute Gasteiger partial charge is 0.379 e. The summed E-state index contributed by atoms with van der Waals surface area (Å²) in [4.78, 5) is 20.9. The van der Waals surface area contributed by atoms with Gasteiger partial charge < -0.3 is 19.5 Å². The molecule has 0 radical (unpaired) electrons. The van der Waals surface area contributed by atoms with Crippen LogP contribution in [0.15, 0.2) is 30.6 Å². The maximum atomic E-state index is 14.6. The maximum absolute atomic E-state index is 14.6. The van der Waals surface area contributed by atoms with E-state index >= 15 is 0 Å². The van der Waals surface area contributed by atoms with E-state index in [1.807, 2.05) is 30.7 Å². The lowest BCUT2D eigenvalue weighted by atomic mass is 9.75. The fourth-order valence-corrected chi connectivity index (χ4v) is 6.59. The van der Waals surface area contributed by atoms with Crippen molar-refractivity contribution in [3.8, 4) is 6.07 Å². The second kappa shape index (κ2) is 14.4. The van der Waals surface area contributed by atoms with Gasteiger partial charge in [0.15, 0.2) is 0 Å². The lowest BCUT2D eigenvalue weighted by Gasteiger charge is -2.42. The van der Waals surface area contributed by atoms with Crippen LogP contribution < -0.4 is 10.2 Å². The molecule has 2 fully saturated rings. The molecule has 1 unspecified atom stereocenters. The number of likely N-dealkylation sites (tertiary alicyclic amines) is 1. The van der Waals surface area contributed by atoms with Crippen molar-refractivity contribution in [1.82, 2.24) is 24.6 Å². The summed E-state index contributed by atoms with van der Waals surface area (Å²) >= 11 is 0. The van der Waals surface area contributed by atoms with Crippen molar-refractivity contribution in [2.75, 3.05) is 43.6 Å².